The minimum absolute atomic E-state index is 0.0422. The van der Waals surface area contributed by atoms with Crippen molar-refractivity contribution < 1.29 is 28.2 Å². The monoisotopic (exact) mass is 449 g/mol. The number of ether oxygens (including phenoxy) is 2. The number of piperazine rings is 1. The first-order chi connectivity index (χ1) is 14.9. The molecule has 0 aliphatic carbocycles. The fraction of sp³-hybridized carbons (Fsp3) is 0.429. The van der Waals surface area contributed by atoms with Gasteiger partial charge >= 0.3 is 5.97 Å². The van der Waals surface area contributed by atoms with E-state index in [-0.39, 0.29) is 36.0 Å². The third kappa shape index (κ3) is 6.83. The van der Waals surface area contributed by atoms with Crippen LogP contribution in [0.1, 0.15) is 24.8 Å². The summed E-state index contributed by atoms with van der Waals surface area (Å²) in [5.74, 6) is -1.77. The van der Waals surface area contributed by atoms with Gasteiger partial charge in [0.2, 0.25) is 11.8 Å². The zero-order valence-corrected chi connectivity index (χ0v) is 17.7. The SMILES string of the molecule is O=C(/C=C/c1ccc(F)cc1)NC(=S)N1CCNC(=O)C1CC(=O)OCC1CCCO1. The molecule has 0 aromatic heterocycles. The summed E-state index contributed by atoms with van der Waals surface area (Å²) < 4.78 is 23.6. The highest BCUT2D eigenvalue weighted by atomic mass is 32.1. The fourth-order valence-corrected chi connectivity index (χ4v) is 3.62. The maximum absolute atomic E-state index is 13.0. The lowest BCUT2D eigenvalue weighted by atomic mass is 10.1. The Labute approximate surface area is 184 Å². The Hall–Kier alpha value is -2.85. The van der Waals surface area contributed by atoms with E-state index >= 15 is 0 Å². The van der Waals surface area contributed by atoms with Gasteiger partial charge in [-0.1, -0.05) is 12.1 Å². The molecule has 1 aromatic carbocycles. The lowest BCUT2D eigenvalue weighted by Crippen LogP contribution is -2.60. The molecule has 2 N–H and O–H groups in total. The van der Waals surface area contributed by atoms with Crippen LogP contribution in [0.4, 0.5) is 4.39 Å². The maximum Gasteiger partial charge on any atom is 0.308 e. The summed E-state index contributed by atoms with van der Waals surface area (Å²) >= 11 is 5.29. The molecule has 2 unspecified atom stereocenters. The molecule has 0 radical (unpaired) electrons. The van der Waals surface area contributed by atoms with Gasteiger partial charge in [-0.2, -0.15) is 0 Å². The van der Waals surface area contributed by atoms with Crippen LogP contribution in [-0.4, -0.2) is 66.2 Å². The van der Waals surface area contributed by atoms with Gasteiger partial charge in [-0.05, 0) is 48.8 Å². The van der Waals surface area contributed by atoms with E-state index < -0.39 is 17.9 Å². The number of esters is 1. The number of carbonyl (C=O) groups excluding carboxylic acids is 3. The zero-order chi connectivity index (χ0) is 22.2. The molecule has 0 saturated carbocycles. The summed E-state index contributed by atoms with van der Waals surface area (Å²) in [7, 11) is 0. The van der Waals surface area contributed by atoms with E-state index in [4.69, 9.17) is 21.7 Å². The summed E-state index contributed by atoms with van der Waals surface area (Å²) in [6.07, 6.45) is 4.25. The van der Waals surface area contributed by atoms with Gasteiger partial charge in [0, 0.05) is 25.8 Å². The molecule has 2 saturated heterocycles. The van der Waals surface area contributed by atoms with Crippen LogP contribution in [0.15, 0.2) is 30.3 Å². The van der Waals surface area contributed by atoms with Crippen LogP contribution in [0.5, 0.6) is 0 Å². The number of hydrogen-bond donors (Lipinski definition) is 2. The van der Waals surface area contributed by atoms with Gasteiger partial charge in [-0.15, -0.1) is 0 Å². The second-order valence-electron chi connectivity index (χ2n) is 7.20. The summed E-state index contributed by atoms with van der Waals surface area (Å²) in [5.41, 5.74) is 0.645. The zero-order valence-electron chi connectivity index (χ0n) is 16.8. The molecule has 0 spiro atoms. The van der Waals surface area contributed by atoms with Crippen molar-refractivity contribution in [3.8, 4) is 0 Å². The van der Waals surface area contributed by atoms with Gasteiger partial charge in [0.15, 0.2) is 5.11 Å². The standard InChI is InChI=1S/C21H24FN3O5S/c22-15-6-3-14(4-7-15)5-8-18(26)24-21(31)25-10-9-23-20(28)17(25)12-19(27)30-13-16-2-1-11-29-16/h3-8,16-17H,1-2,9-13H2,(H,23,28)(H,24,26,31)/b8-5+. The van der Waals surface area contributed by atoms with Crippen molar-refractivity contribution in [1.29, 1.82) is 0 Å². The Balaban J connectivity index is 1.54. The number of nitrogens with zero attached hydrogens (tertiary/aromatic N) is 1. The highest BCUT2D eigenvalue weighted by Gasteiger charge is 2.34. The molecular formula is C21H24FN3O5S. The fourth-order valence-electron chi connectivity index (χ4n) is 3.30. The van der Waals surface area contributed by atoms with Crippen LogP contribution >= 0.6 is 12.2 Å². The molecule has 3 rings (SSSR count). The summed E-state index contributed by atoms with van der Waals surface area (Å²) in [6, 6.07) is 4.77. The lowest BCUT2D eigenvalue weighted by molar-refractivity contribution is -0.150. The molecule has 0 bridgehead atoms. The lowest BCUT2D eigenvalue weighted by Gasteiger charge is -2.36. The van der Waals surface area contributed by atoms with Crippen molar-refractivity contribution in [3.63, 3.8) is 0 Å². The number of thiocarbonyl (C=S) groups is 1. The molecule has 2 aliphatic rings. The van der Waals surface area contributed by atoms with E-state index in [1.54, 1.807) is 0 Å². The average Bonchev–Trinajstić information content (AvgIpc) is 3.27. The molecule has 2 heterocycles. The van der Waals surface area contributed by atoms with E-state index in [1.807, 2.05) is 0 Å². The van der Waals surface area contributed by atoms with Crippen LogP contribution in [0.25, 0.3) is 6.08 Å². The second kappa shape index (κ2) is 11.0. The molecule has 2 amide bonds. The Morgan fingerprint density at radius 1 is 1.35 bits per heavy atom. The van der Waals surface area contributed by atoms with Gasteiger partial charge in [-0.3, -0.25) is 19.7 Å². The molecule has 2 fully saturated rings. The Morgan fingerprint density at radius 2 is 2.13 bits per heavy atom. The van der Waals surface area contributed by atoms with E-state index in [2.05, 4.69) is 10.6 Å². The number of rotatable bonds is 6. The predicted octanol–water partition coefficient (Wildman–Crippen LogP) is 1.15. The highest BCUT2D eigenvalue weighted by molar-refractivity contribution is 7.80. The van der Waals surface area contributed by atoms with Crippen molar-refractivity contribution in [2.24, 2.45) is 0 Å². The first-order valence-electron chi connectivity index (χ1n) is 10.0. The quantitative estimate of drug-likeness (QED) is 0.382. The third-order valence-electron chi connectivity index (χ3n) is 4.93. The number of benzene rings is 1. The normalized spacial score (nSPS) is 21.1. The van der Waals surface area contributed by atoms with Crippen LogP contribution < -0.4 is 10.6 Å². The van der Waals surface area contributed by atoms with Crippen LogP contribution in [-0.2, 0) is 23.9 Å². The smallest absolute Gasteiger partial charge is 0.308 e. The van der Waals surface area contributed by atoms with Crippen LogP contribution in [0.3, 0.4) is 0 Å². The van der Waals surface area contributed by atoms with Crippen molar-refractivity contribution in [1.82, 2.24) is 15.5 Å². The van der Waals surface area contributed by atoms with Gasteiger partial charge < -0.3 is 19.7 Å². The number of amides is 2. The molecule has 31 heavy (non-hydrogen) atoms. The van der Waals surface area contributed by atoms with Gasteiger partial charge in [0.05, 0.1) is 12.5 Å². The first-order valence-corrected chi connectivity index (χ1v) is 10.4. The molecular weight excluding hydrogens is 425 g/mol. The van der Waals surface area contributed by atoms with Crippen molar-refractivity contribution >= 4 is 41.2 Å². The van der Waals surface area contributed by atoms with Crippen molar-refractivity contribution in [2.45, 2.75) is 31.4 Å². The summed E-state index contributed by atoms with van der Waals surface area (Å²) in [4.78, 5) is 38.3. The Bertz CT molecular complexity index is 855. The summed E-state index contributed by atoms with van der Waals surface area (Å²) in [6.45, 7) is 1.49. The summed E-state index contributed by atoms with van der Waals surface area (Å²) in [5, 5.41) is 5.27. The largest absolute Gasteiger partial charge is 0.463 e. The molecule has 1 aromatic rings. The van der Waals surface area contributed by atoms with E-state index in [0.29, 0.717) is 25.3 Å². The van der Waals surface area contributed by atoms with Crippen molar-refractivity contribution in [3.05, 3.63) is 41.7 Å². The van der Waals surface area contributed by atoms with E-state index in [1.165, 1.54) is 41.3 Å². The number of carbonyl (C=O) groups is 3. The molecule has 2 aliphatic heterocycles. The average molecular weight is 450 g/mol. The van der Waals surface area contributed by atoms with Crippen LogP contribution in [0, 0.1) is 5.82 Å². The van der Waals surface area contributed by atoms with Gasteiger partial charge in [-0.25, -0.2) is 4.39 Å². The first kappa shape index (κ1) is 22.8. The minimum atomic E-state index is -0.875. The van der Waals surface area contributed by atoms with Crippen molar-refractivity contribution in [2.75, 3.05) is 26.3 Å². The number of hydrogen-bond acceptors (Lipinski definition) is 6. The maximum atomic E-state index is 13.0. The molecule has 10 heteroatoms. The topological polar surface area (TPSA) is 97.0 Å². The third-order valence-corrected chi connectivity index (χ3v) is 5.27. The second-order valence-corrected chi connectivity index (χ2v) is 7.59. The molecule has 8 nitrogen and oxygen atoms in total. The molecule has 2 atom stereocenters. The number of nitrogens with one attached hydrogen (secondary N) is 2. The van der Waals surface area contributed by atoms with Gasteiger partial charge in [0.1, 0.15) is 18.5 Å². The van der Waals surface area contributed by atoms with E-state index in [0.717, 1.165) is 12.8 Å². The molecule has 166 valence electrons. The van der Waals surface area contributed by atoms with Crippen LogP contribution in [0.2, 0.25) is 0 Å². The van der Waals surface area contributed by atoms with Gasteiger partial charge in [0.25, 0.3) is 0 Å². The number of halogens is 1. The van der Waals surface area contributed by atoms with E-state index in [9.17, 15) is 18.8 Å². The Morgan fingerprint density at radius 3 is 2.84 bits per heavy atom. The minimum Gasteiger partial charge on any atom is -0.463 e. The highest BCUT2D eigenvalue weighted by Crippen LogP contribution is 2.14. The predicted molar refractivity (Wildman–Crippen MR) is 114 cm³/mol. The Kier molecular flexibility index (Phi) is 8.07.